The Kier molecular flexibility index (Phi) is 4.23. The molecule has 0 amide bonds. The number of halogens is 1. The molecule has 0 saturated carbocycles. The number of aliphatic imine (C=N–C) groups is 1. The minimum Gasteiger partial charge on any atom is -0.480 e. The fourth-order valence-corrected chi connectivity index (χ4v) is 2.39. The number of nitrogens with zero attached hydrogens (tertiary/aromatic N) is 1. The third kappa shape index (κ3) is 2.91. The average molecular weight is 259 g/mol. The number of carboxylic acids is 1. The van der Waals surface area contributed by atoms with Gasteiger partial charge in [-0.05, 0) is 12.8 Å². The van der Waals surface area contributed by atoms with Crippen LogP contribution >= 0.6 is 22.9 Å². The maximum Gasteiger partial charge on any atom is 0.320 e. The number of aliphatic carboxylic acids is 1. The number of hydrogen-bond donors (Lipinski definition) is 2. The molecule has 0 aliphatic heterocycles. The van der Waals surface area contributed by atoms with Crippen molar-refractivity contribution in [2.24, 2.45) is 10.7 Å². The molecule has 0 spiro atoms. The van der Waals surface area contributed by atoms with Gasteiger partial charge < -0.3 is 10.8 Å². The summed E-state index contributed by atoms with van der Waals surface area (Å²) in [5.74, 6) is -1.03. The summed E-state index contributed by atoms with van der Waals surface area (Å²) in [5.41, 5.74) is 6.04. The van der Waals surface area contributed by atoms with Gasteiger partial charge >= 0.3 is 5.97 Å². The highest BCUT2D eigenvalue weighted by Gasteiger charge is 2.16. The molecule has 1 aromatic heterocycles. The number of hydrogen-bond acceptors (Lipinski definition) is 4. The molecule has 4 nitrogen and oxygen atoms in total. The van der Waals surface area contributed by atoms with Crippen molar-refractivity contribution in [1.29, 1.82) is 0 Å². The molecule has 0 aliphatic rings. The van der Waals surface area contributed by atoms with Crippen LogP contribution in [0.25, 0.3) is 5.03 Å². The number of rotatable bonds is 5. The van der Waals surface area contributed by atoms with Gasteiger partial charge in [-0.25, -0.2) is 0 Å². The van der Waals surface area contributed by atoms with Gasteiger partial charge in [-0.1, -0.05) is 18.2 Å². The molecule has 86 valence electrons. The zero-order valence-electron chi connectivity index (χ0n) is 8.44. The Labute approximate surface area is 102 Å². The van der Waals surface area contributed by atoms with E-state index < -0.39 is 12.0 Å². The molecule has 1 aromatic rings. The Balaban J connectivity index is 2.95. The lowest BCUT2D eigenvalue weighted by Crippen LogP contribution is -2.31. The van der Waals surface area contributed by atoms with Crippen LogP contribution in [0.3, 0.4) is 0 Å². The van der Waals surface area contributed by atoms with Crippen molar-refractivity contribution in [3.8, 4) is 0 Å². The van der Waals surface area contributed by atoms with Gasteiger partial charge in [0.2, 0.25) is 0 Å². The van der Waals surface area contributed by atoms with Gasteiger partial charge in [0.05, 0.1) is 15.6 Å². The van der Waals surface area contributed by atoms with Crippen molar-refractivity contribution in [3.63, 3.8) is 0 Å². The zero-order chi connectivity index (χ0) is 12.3. The zero-order valence-corrected chi connectivity index (χ0v) is 10.0. The molecule has 0 aromatic carbocycles. The lowest BCUT2D eigenvalue weighted by Gasteiger charge is -2.02. The maximum absolute atomic E-state index is 10.6. The molecule has 1 atom stereocenters. The summed E-state index contributed by atoms with van der Waals surface area (Å²) in [6.45, 7) is 7.01. The molecule has 0 bridgehead atoms. The van der Waals surface area contributed by atoms with Gasteiger partial charge in [0.1, 0.15) is 6.04 Å². The van der Waals surface area contributed by atoms with Gasteiger partial charge in [0, 0.05) is 11.3 Å². The summed E-state index contributed by atoms with van der Waals surface area (Å²) in [7, 11) is 0. The van der Waals surface area contributed by atoms with Crippen LogP contribution in [0.15, 0.2) is 17.6 Å². The summed E-state index contributed by atoms with van der Waals surface area (Å²) in [5, 5.41) is 9.05. The Hall–Kier alpha value is -1.17. The van der Waals surface area contributed by atoms with Crippen molar-refractivity contribution in [2.45, 2.75) is 12.5 Å². The van der Waals surface area contributed by atoms with Crippen LogP contribution in [0.2, 0.25) is 0 Å². The van der Waals surface area contributed by atoms with Crippen LogP contribution in [0, 0.1) is 0 Å². The molecule has 1 unspecified atom stereocenters. The molecular formula is C10H11ClN2O2S. The Morgan fingerprint density at radius 2 is 2.38 bits per heavy atom. The van der Waals surface area contributed by atoms with Gasteiger partial charge in [0.15, 0.2) is 0 Å². The van der Waals surface area contributed by atoms with E-state index in [0.29, 0.717) is 15.6 Å². The lowest BCUT2D eigenvalue weighted by molar-refractivity contribution is -0.138. The van der Waals surface area contributed by atoms with Crippen LogP contribution in [-0.2, 0) is 11.2 Å². The predicted octanol–water partition coefficient (Wildman–Crippen LogP) is 2.24. The van der Waals surface area contributed by atoms with Crippen LogP contribution in [0.5, 0.6) is 0 Å². The van der Waals surface area contributed by atoms with E-state index in [1.165, 1.54) is 11.3 Å². The number of carboxylic acid groups (broad SMARTS) is 1. The molecule has 1 rings (SSSR count). The lowest BCUT2D eigenvalue weighted by atomic mass is 10.2. The van der Waals surface area contributed by atoms with E-state index in [9.17, 15) is 4.79 Å². The molecular weight excluding hydrogens is 248 g/mol. The topological polar surface area (TPSA) is 75.7 Å². The second-order valence-corrected chi connectivity index (χ2v) is 4.73. The van der Waals surface area contributed by atoms with Crippen molar-refractivity contribution in [1.82, 2.24) is 0 Å². The summed E-state index contributed by atoms with van der Waals surface area (Å²) in [6.07, 6.45) is 0.243. The molecule has 6 heteroatoms. The first-order valence-corrected chi connectivity index (χ1v) is 5.57. The van der Waals surface area contributed by atoms with Crippen LogP contribution in [-0.4, -0.2) is 23.8 Å². The Morgan fingerprint density at radius 1 is 1.75 bits per heavy atom. The molecule has 0 saturated heterocycles. The van der Waals surface area contributed by atoms with Gasteiger partial charge in [-0.15, -0.1) is 11.3 Å². The summed E-state index contributed by atoms with van der Waals surface area (Å²) in [6, 6.07) is 0.802. The van der Waals surface area contributed by atoms with E-state index in [1.807, 2.05) is 0 Å². The van der Waals surface area contributed by atoms with E-state index in [4.69, 9.17) is 22.4 Å². The van der Waals surface area contributed by atoms with Crippen molar-refractivity contribution >= 4 is 46.3 Å². The monoisotopic (exact) mass is 258 g/mol. The van der Waals surface area contributed by atoms with Gasteiger partial charge in [-0.2, -0.15) is 0 Å². The minimum absolute atomic E-state index is 0.243. The van der Waals surface area contributed by atoms with E-state index in [0.717, 1.165) is 4.88 Å². The van der Waals surface area contributed by atoms with Crippen LogP contribution < -0.4 is 5.73 Å². The molecule has 0 radical (unpaired) electrons. The highest BCUT2D eigenvalue weighted by Crippen LogP contribution is 2.36. The molecule has 0 aliphatic carbocycles. The highest BCUT2D eigenvalue weighted by molar-refractivity contribution is 7.14. The Bertz CT molecular complexity index is 442. The SMILES string of the molecule is C=Nc1cc(CC(N)C(=O)O)sc1C(=C)Cl. The molecule has 16 heavy (non-hydrogen) atoms. The highest BCUT2D eigenvalue weighted by atomic mass is 35.5. The largest absolute Gasteiger partial charge is 0.480 e. The first kappa shape index (κ1) is 12.9. The molecule has 3 N–H and O–H groups in total. The summed E-state index contributed by atoms with van der Waals surface area (Å²) in [4.78, 5) is 15.9. The van der Waals surface area contributed by atoms with Crippen LogP contribution in [0.4, 0.5) is 5.69 Å². The average Bonchev–Trinajstić information content (AvgIpc) is 2.60. The van der Waals surface area contributed by atoms with Crippen molar-refractivity contribution < 1.29 is 9.90 Å². The second kappa shape index (κ2) is 5.25. The van der Waals surface area contributed by atoms with E-state index in [2.05, 4.69) is 18.3 Å². The van der Waals surface area contributed by atoms with E-state index >= 15 is 0 Å². The number of nitrogens with two attached hydrogens (primary N) is 1. The quantitative estimate of drug-likeness (QED) is 0.796. The van der Waals surface area contributed by atoms with E-state index in [1.54, 1.807) is 6.07 Å². The number of carbonyl (C=O) groups is 1. The first-order chi connectivity index (χ1) is 7.45. The fourth-order valence-electron chi connectivity index (χ4n) is 1.15. The summed E-state index contributed by atoms with van der Waals surface area (Å²) >= 11 is 7.11. The standard InChI is InChI=1S/C10H11ClN2O2S/c1-5(11)9-8(13-2)4-6(16-9)3-7(12)10(14)15/h4,7H,1-3,12H2,(H,14,15). The normalized spacial score (nSPS) is 12.1. The molecule has 0 fully saturated rings. The Morgan fingerprint density at radius 3 is 2.75 bits per heavy atom. The second-order valence-electron chi connectivity index (χ2n) is 3.14. The predicted molar refractivity (Wildman–Crippen MR) is 67.7 cm³/mol. The van der Waals surface area contributed by atoms with Gasteiger partial charge in [0.25, 0.3) is 0 Å². The van der Waals surface area contributed by atoms with Crippen molar-refractivity contribution in [2.75, 3.05) is 0 Å². The van der Waals surface area contributed by atoms with Gasteiger partial charge in [-0.3, -0.25) is 9.79 Å². The minimum atomic E-state index is -1.03. The van der Waals surface area contributed by atoms with E-state index in [-0.39, 0.29) is 6.42 Å². The fraction of sp³-hybridized carbons (Fsp3) is 0.200. The third-order valence-electron chi connectivity index (χ3n) is 1.92. The molecule has 1 heterocycles. The first-order valence-electron chi connectivity index (χ1n) is 4.38. The van der Waals surface area contributed by atoms with Crippen LogP contribution in [0.1, 0.15) is 9.75 Å². The summed E-state index contributed by atoms with van der Waals surface area (Å²) < 4.78 is 0. The van der Waals surface area contributed by atoms with Crippen molar-refractivity contribution in [3.05, 3.63) is 22.4 Å². The maximum atomic E-state index is 10.6. The smallest absolute Gasteiger partial charge is 0.320 e. The number of thiophene rings is 1. The third-order valence-corrected chi connectivity index (χ3v) is 3.43.